The number of carbonyl (C=O) groups is 3. The SMILES string of the molecule is COC(=O)c1ccc([C@H]2C(=C(O)c3ccc(OC)cc3)C(=O)C(=O)N2Cc2ccco2)cc1. The van der Waals surface area contributed by atoms with Gasteiger partial charge in [0.15, 0.2) is 0 Å². The van der Waals surface area contributed by atoms with Gasteiger partial charge in [0.25, 0.3) is 11.7 Å². The summed E-state index contributed by atoms with van der Waals surface area (Å²) in [4.78, 5) is 39.2. The Morgan fingerprint density at radius 3 is 2.24 bits per heavy atom. The van der Waals surface area contributed by atoms with Gasteiger partial charge < -0.3 is 23.9 Å². The van der Waals surface area contributed by atoms with E-state index in [1.165, 1.54) is 25.4 Å². The molecule has 0 aliphatic carbocycles. The van der Waals surface area contributed by atoms with E-state index in [2.05, 4.69) is 0 Å². The van der Waals surface area contributed by atoms with Gasteiger partial charge in [-0.3, -0.25) is 9.59 Å². The fourth-order valence-electron chi connectivity index (χ4n) is 3.78. The number of nitrogens with zero attached hydrogens (tertiary/aromatic N) is 1. The molecule has 0 spiro atoms. The number of esters is 1. The molecule has 2 aromatic carbocycles. The third-order valence-corrected chi connectivity index (χ3v) is 5.46. The van der Waals surface area contributed by atoms with Crippen LogP contribution in [-0.4, -0.2) is 41.9 Å². The molecule has 1 aliphatic heterocycles. The zero-order valence-corrected chi connectivity index (χ0v) is 18.0. The summed E-state index contributed by atoms with van der Waals surface area (Å²) in [7, 11) is 2.80. The summed E-state index contributed by atoms with van der Waals surface area (Å²) in [5.74, 6) is -1.32. The van der Waals surface area contributed by atoms with Crippen LogP contribution in [0, 0.1) is 0 Å². The number of rotatable bonds is 6. The summed E-state index contributed by atoms with van der Waals surface area (Å²) in [5, 5.41) is 11.1. The summed E-state index contributed by atoms with van der Waals surface area (Å²) in [6, 6.07) is 15.3. The van der Waals surface area contributed by atoms with Crippen molar-refractivity contribution < 1.29 is 33.4 Å². The number of benzene rings is 2. The van der Waals surface area contributed by atoms with Gasteiger partial charge in [0.2, 0.25) is 0 Å². The number of aliphatic hydroxyl groups excluding tert-OH is 1. The molecule has 0 bridgehead atoms. The molecule has 33 heavy (non-hydrogen) atoms. The zero-order chi connectivity index (χ0) is 23.5. The largest absolute Gasteiger partial charge is 0.507 e. The highest BCUT2D eigenvalue weighted by Gasteiger charge is 2.46. The predicted molar refractivity (Wildman–Crippen MR) is 117 cm³/mol. The van der Waals surface area contributed by atoms with Crippen molar-refractivity contribution >= 4 is 23.4 Å². The lowest BCUT2D eigenvalue weighted by atomic mass is 9.94. The molecule has 1 fully saturated rings. The summed E-state index contributed by atoms with van der Waals surface area (Å²) in [6.45, 7) is 0.0282. The fourth-order valence-corrected chi connectivity index (χ4v) is 3.78. The maximum Gasteiger partial charge on any atom is 0.337 e. The fraction of sp³-hybridized carbons (Fsp3) is 0.160. The number of carbonyl (C=O) groups excluding carboxylic acids is 3. The van der Waals surface area contributed by atoms with Crippen molar-refractivity contribution in [1.29, 1.82) is 0 Å². The van der Waals surface area contributed by atoms with Gasteiger partial charge in [-0.25, -0.2) is 4.79 Å². The topological polar surface area (TPSA) is 106 Å². The van der Waals surface area contributed by atoms with Crippen molar-refractivity contribution in [2.45, 2.75) is 12.6 Å². The minimum absolute atomic E-state index is 0.0282. The lowest BCUT2D eigenvalue weighted by molar-refractivity contribution is -0.140. The lowest BCUT2D eigenvalue weighted by Crippen LogP contribution is -2.29. The van der Waals surface area contributed by atoms with E-state index in [0.717, 1.165) is 0 Å². The number of aliphatic hydroxyl groups is 1. The second kappa shape index (κ2) is 9.04. The first-order chi connectivity index (χ1) is 15.9. The number of Topliss-reactive ketones (excluding diaryl/α,β-unsaturated/α-hetero) is 1. The van der Waals surface area contributed by atoms with E-state index in [1.54, 1.807) is 60.7 Å². The second-order valence-corrected chi connectivity index (χ2v) is 7.35. The Hall–Kier alpha value is -4.33. The van der Waals surface area contributed by atoms with Crippen molar-refractivity contribution in [3.8, 4) is 5.75 Å². The average molecular weight is 447 g/mol. The zero-order valence-electron chi connectivity index (χ0n) is 18.0. The molecule has 0 radical (unpaired) electrons. The van der Waals surface area contributed by atoms with Gasteiger partial charge >= 0.3 is 5.97 Å². The van der Waals surface area contributed by atoms with Crippen LogP contribution in [0.2, 0.25) is 0 Å². The second-order valence-electron chi connectivity index (χ2n) is 7.35. The molecule has 3 aromatic rings. The van der Waals surface area contributed by atoms with E-state index in [4.69, 9.17) is 13.9 Å². The number of amides is 1. The number of methoxy groups -OCH3 is 2. The van der Waals surface area contributed by atoms with Crippen LogP contribution in [0.1, 0.15) is 33.3 Å². The number of hydrogen-bond donors (Lipinski definition) is 1. The van der Waals surface area contributed by atoms with Crippen molar-refractivity contribution in [2.75, 3.05) is 14.2 Å². The first kappa shape index (κ1) is 21.9. The Balaban J connectivity index is 1.82. The third-order valence-electron chi connectivity index (χ3n) is 5.46. The molecule has 8 heteroatoms. The van der Waals surface area contributed by atoms with Crippen molar-refractivity contribution in [1.82, 2.24) is 4.90 Å². The highest BCUT2D eigenvalue weighted by molar-refractivity contribution is 6.46. The van der Waals surface area contributed by atoms with Crippen LogP contribution >= 0.6 is 0 Å². The molecule has 1 amide bonds. The molecule has 1 saturated heterocycles. The van der Waals surface area contributed by atoms with Crippen LogP contribution in [0.5, 0.6) is 5.75 Å². The van der Waals surface area contributed by atoms with Crippen molar-refractivity contribution in [3.05, 3.63) is 95.0 Å². The van der Waals surface area contributed by atoms with E-state index in [1.807, 2.05) is 0 Å². The van der Waals surface area contributed by atoms with Gasteiger partial charge in [0, 0.05) is 5.56 Å². The van der Waals surface area contributed by atoms with Crippen molar-refractivity contribution in [2.24, 2.45) is 0 Å². The Morgan fingerprint density at radius 1 is 1.00 bits per heavy atom. The Kier molecular flexibility index (Phi) is 5.99. The number of ketones is 1. The van der Waals surface area contributed by atoms with Crippen LogP contribution in [0.15, 0.2) is 76.9 Å². The molecule has 8 nitrogen and oxygen atoms in total. The molecule has 0 saturated carbocycles. The Morgan fingerprint density at radius 2 is 1.67 bits per heavy atom. The molecule has 2 heterocycles. The van der Waals surface area contributed by atoms with Crippen LogP contribution in [0.4, 0.5) is 0 Å². The molecule has 1 aliphatic rings. The molecule has 4 rings (SSSR count). The third kappa shape index (κ3) is 4.10. The molecule has 1 aromatic heterocycles. The number of furan rings is 1. The highest BCUT2D eigenvalue weighted by Crippen LogP contribution is 2.40. The predicted octanol–water partition coefficient (Wildman–Crippen LogP) is 3.70. The van der Waals surface area contributed by atoms with Gasteiger partial charge in [-0.05, 0) is 54.1 Å². The maximum atomic E-state index is 13.0. The molecule has 1 atom stereocenters. The van der Waals surface area contributed by atoms with Gasteiger partial charge in [0.05, 0.1) is 44.2 Å². The smallest absolute Gasteiger partial charge is 0.337 e. The lowest BCUT2D eigenvalue weighted by Gasteiger charge is -2.24. The number of hydrogen-bond acceptors (Lipinski definition) is 7. The summed E-state index contributed by atoms with van der Waals surface area (Å²) >= 11 is 0. The Bertz CT molecular complexity index is 1210. The van der Waals surface area contributed by atoms with E-state index < -0.39 is 23.7 Å². The van der Waals surface area contributed by atoms with Gasteiger partial charge in [-0.1, -0.05) is 12.1 Å². The van der Waals surface area contributed by atoms with E-state index in [0.29, 0.717) is 28.2 Å². The van der Waals surface area contributed by atoms with E-state index >= 15 is 0 Å². The molecular formula is C25H21NO7. The molecular weight excluding hydrogens is 426 g/mol. The van der Waals surface area contributed by atoms with Crippen LogP contribution in [0.25, 0.3) is 5.76 Å². The summed E-state index contributed by atoms with van der Waals surface area (Å²) in [6.07, 6.45) is 1.48. The monoisotopic (exact) mass is 447 g/mol. The molecule has 168 valence electrons. The van der Waals surface area contributed by atoms with Crippen LogP contribution in [0.3, 0.4) is 0 Å². The van der Waals surface area contributed by atoms with Crippen LogP contribution < -0.4 is 4.74 Å². The standard InChI is InChI=1S/C25H21NO7/c1-31-18-11-9-16(10-12-18)22(27)20-21(15-5-7-17(8-6-15)25(30)32-2)26(24(29)23(20)28)14-19-4-3-13-33-19/h3-13,21,27H,14H2,1-2H3/t21-/m0/s1. The number of ether oxygens (including phenoxy) is 2. The van der Waals surface area contributed by atoms with Crippen LogP contribution in [-0.2, 0) is 20.9 Å². The molecule has 0 unspecified atom stereocenters. The van der Waals surface area contributed by atoms with Crippen molar-refractivity contribution in [3.63, 3.8) is 0 Å². The maximum absolute atomic E-state index is 13.0. The first-order valence-electron chi connectivity index (χ1n) is 10.1. The quantitative estimate of drug-likeness (QED) is 0.266. The highest BCUT2D eigenvalue weighted by atomic mass is 16.5. The number of likely N-dealkylation sites (tertiary alicyclic amines) is 1. The minimum atomic E-state index is -0.885. The van der Waals surface area contributed by atoms with Gasteiger partial charge in [0.1, 0.15) is 17.3 Å². The van der Waals surface area contributed by atoms with E-state index in [-0.39, 0.29) is 17.9 Å². The minimum Gasteiger partial charge on any atom is -0.507 e. The first-order valence-corrected chi connectivity index (χ1v) is 10.1. The summed E-state index contributed by atoms with van der Waals surface area (Å²) < 4.78 is 15.3. The molecule has 1 N–H and O–H groups in total. The normalized spacial score (nSPS) is 17.3. The van der Waals surface area contributed by atoms with Gasteiger partial charge in [-0.15, -0.1) is 0 Å². The Labute approximate surface area is 189 Å². The van der Waals surface area contributed by atoms with E-state index in [9.17, 15) is 19.5 Å². The average Bonchev–Trinajstić information content (AvgIpc) is 3.45. The summed E-state index contributed by atoms with van der Waals surface area (Å²) in [5.41, 5.74) is 1.17. The van der Waals surface area contributed by atoms with Gasteiger partial charge in [-0.2, -0.15) is 0 Å².